The van der Waals surface area contributed by atoms with Crippen molar-refractivity contribution in [3.63, 3.8) is 0 Å². The summed E-state index contributed by atoms with van der Waals surface area (Å²) in [5.41, 5.74) is 1.14. The number of nitrogens with zero attached hydrogens (tertiary/aromatic N) is 3. The van der Waals surface area contributed by atoms with E-state index in [2.05, 4.69) is 28.6 Å². The van der Waals surface area contributed by atoms with Crippen LogP contribution >= 0.6 is 11.3 Å². The Morgan fingerprint density at radius 2 is 1.95 bits per heavy atom. The zero-order valence-electron chi connectivity index (χ0n) is 12.4. The molecule has 20 heavy (non-hydrogen) atoms. The number of aromatic nitrogens is 1. The fourth-order valence-corrected chi connectivity index (χ4v) is 3.80. The first-order chi connectivity index (χ1) is 9.65. The zero-order valence-corrected chi connectivity index (χ0v) is 13.2. The fourth-order valence-electron chi connectivity index (χ4n) is 2.83. The lowest BCUT2D eigenvalue weighted by Gasteiger charge is -2.30. The number of hydrogen-bond donors (Lipinski definition) is 0. The lowest BCUT2D eigenvalue weighted by Crippen LogP contribution is -2.41. The van der Waals surface area contributed by atoms with Crippen molar-refractivity contribution >= 4 is 22.4 Å². The first-order valence-electron chi connectivity index (χ1n) is 7.63. The largest absolute Gasteiger partial charge is 0.346 e. The third-order valence-corrected chi connectivity index (χ3v) is 5.68. The monoisotopic (exact) mass is 293 g/mol. The van der Waals surface area contributed by atoms with Crippen molar-refractivity contribution in [1.29, 1.82) is 0 Å². The summed E-state index contributed by atoms with van der Waals surface area (Å²) in [5, 5.41) is 1.12. The summed E-state index contributed by atoms with van der Waals surface area (Å²) < 4.78 is 0. The number of carbonyl (C=O) groups excluding carboxylic acids is 1. The molecule has 0 spiro atoms. The highest BCUT2D eigenvalue weighted by atomic mass is 32.1. The van der Waals surface area contributed by atoms with Crippen molar-refractivity contribution in [1.82, 2.24) is 9.88 Å². The van der Waals surface area contributed by atoms with E-state index in [1.54, 1.807) is 11.3 Å². The van der Waals surface area contributed by atoms with Crippen molar-refractivity contribution in [3.05, 3.63) is 10.6 Å². The molecule has 1 saturated carbocycles. The SMILES string of the molecule is Cc1nc(N2CCCN(C(=O)C3CCC3)CC2)sc1C. The molecule has 3 rings (SSSR count). The second-order valence-corrected chi connectivity index (χ2v) is 7.11. The van der Waals surface area contributed by atoms with Gasteiger partial charge >= 0.3 is 0 Å². The Hall–Kier alpha value is -1.10. The predicted molar refractivity (Wildman–Crippen MR) is 82.3 cm³/mol. The number of anilines is 1. The molecule has 0 N–H and O–H groups in total. The number of amides is 1. The van der Waals surface area contributed by atoms with Gasteiger partial charge in [0.25, 0.3) is 0 Å². The van der Waals surface area contributed by atoms with Crippen molar-refractivity contribution < 1.29 is 4.79 Å². The molecular weight excluding hydrogens is 270 g/mol. The molecule has 2 heterocycles. The lowest BCUT2D eigenvalue weighted by atomic mass is 9.84. The summed E-state index contributed by atoms with van der Waals surface area (Å²) in [7, 11) is 0. The summed E-state index contributed by atoms with van der Waals surface area (Å²) >= 11 is 1.77. The Balaban J connectivity index is 1.62. The Morgan fingerprint density at radius 3 is 2.55 bits per heavy atom. The van der Waals surface area contributed by atoms with Crippen LogP contribution in [0.4, 0.5) is 5.13 Å². The van der Waals surface area contributed by atoms with Crippen molar-refractivity contribution in [2.45, 2.75) is 39.5 Å². The molecule has 0 atom stereocenters. The highest BCUT2D eigenvalue weighted by Crippen LogP contribution is 2.29. The summed E-state index contributed by atoms with van der Waals surface area (Å²) in [6.45, 7) is 7.90. The van der Waals surface area contributed by atoms with Crippen LogP contribution in [0.15, 0.2) is 0 Å². The molecule has 4 nitrogen and oxygen atoms in total. The quantitative estimate of drug-likeness (QED) is 0.841. The molecule has 5 heteroatoms. The lowest BCUT2D eigenvalue weighted by molar-refractivity contribution is -0.137. The van der Waals surface area contributed by atoms with Crippen LogP contribution in [-0.4, -0.2) is 42.0 Å². The van der Waals surface area contributed by atoms with E-state index < -0.39 is 0 Å². The average Bonchev–Trinajstić information content (AvgIpc) is 2.60. The van der Waals surface area contributed by atoms with E-state index in [1.165, 1.54) is 11.3 Å². The Labute approximate surface area is 124 Å². The van der Waals surface area contributed by atoms with Crippen LogP contribution in [0, 0.1) is 19.8 Å². The second kappa shape index (κ2) is 5.72. The Morgan fingerprint density at radius 1 is 1.15 bits per heavy atom. The Bertz CT molecular complexity index is 476. The maximum atomic E-state index is 12.3. The second-order valence-electron chi connectivity index (χ2n) is 5.93. The van der Waals surface area contributed by atoms with E-state index in [1.807, 2.05) is 0 Å². The molecule has 0 bridgehead atoms. The minimum absolute atomic E-state index is 0.325. The number of thiazole rings is 1. The molecule has 1 aliphatic carbocycles. The normalized spacial score (nSPS) is 20.7. The van der Waals surface area contributed by atoms with E-state index >= 15 is 0 Å². The summed E-state index contributed by atoms with van der Waals surface area (Å²) in [5.74, 6) is 0.718. The number of hydrogen-bond acceptors (Lipinski definition) is 4. The van der Waals surface area contributed by atoms with Gasteiger partial charge in [-0.25, -0.2) is 4.98 Å². The van der Waals surface area contributed by atoms with Gasteiger partial charge in [0.15, 0.2) is 5.13 Å². The van der Waals surface area contributed by atoms with Crippen LogP contribution in [0.2, 0.25) is 0 Å². The van der Waals surface area contributed by atoms with Gasteiger partial charge in [-0.15, -0.1) is 11.3 Å². The summed E-state index contributed by atoms with van der Waals surface area (Å²) in [6, 6.07) is 0. The highest BCUT2D eigenvalue weighted by Gasteiger charge is 2.30. The maximum absolute atomic E-state index is 12.3. The van der Waals surface area contributed by atoms with Crippen LogP contribution in [0.25, 0.3) is 0 Å². The van der Waals surface area contributed by atoms with E-state index in [9.17, 15) is 4.79 Å². The number of aryl methyl sites for hydroxylation is 2. The van der Waals surface area contributed by atoms with Gasteiger partial charge in [-0.2, -0.15) is 0 Å². The van der Waals surface area contributed by atoms with Gasteiger partial charge in [0.05, 0.1) is 5.69 Å². The molecule has 1 saturated heterocycles. The van der Waals surface area contributed by atoms with Gasteiger partial charge in [-0.1, -0.05) is 6.42 Å². The average molecular weight is 293 g/mol. The molecule has 0 radical (unpaired) electrons. The summed E-state index contributed by atoms with van der Waals surface area (Å²) in [6.07, 6.45) is 4.48. The van der Waals surface area contributed by atoms with Gasteiger partial charge in [-0.05, 0) is 33.1 Å². The highest BCUT2D eigenvalue weighted by molar-refractivity contribution is 7.15. The molecule has 1 amide bonds. The van der Waals surface area contributed by atoms with E-state index in [0.29, 0.717) is 11.8 Å². The van der Waals surface area contributed by atoms with Gasteiger partial charge < -0.3 is 9.80 Å². The predicted octanol–water partition coefficient (Wildman–Crippen LogP) is 2.60. The van der Waals surface area contributed by atoms with Crippen molar-refractivity contribution in [2.75, 3.05) is 31.1 Å². The summed E-state index contributed by atoms with van der Waals surface area (Å²) in [4.78, 5) is 22.7. The third-order valence-electron chi connectivity index (χ3n) is 4.55. The topological polar surface area (TPSA) is 36.4 Å². The van der Waals surface area contributed by atoms with Crippen molar-refractivity contribution in [3.8, 4) is 0 Å². The van der Waals surface area contributed by atoms with Gasteiger partial charge in [-0.3, -0.25) is 4.79 Å². The minimum atomic E-state index is 0.325. The zero-order chi connectivity index (χ0) is 14.1. The smallest absolute Gasteiger partial charge is 0.225 e. The Kier molecular flexibility index (Phi) is 3.96. The first kappa shape index (κ1) is 13.9. The van der Waals surface area contributed by atoms with Crippen LogP contribution in [0.3, 0.4) is 0 Å². The minimum Gasteiger partial charge on any atom is -0.346 e. The third kappa shape index (κ3) is 2.68. The maximum Gasteiger partial charge on any atom is 0.225 e. The standard InChI is InChI=1S/C15H23N3OS/c1-11-12(2)20-15(16-11)18-8-4-7-17(9-10-18)14(19)13-5-3-6-13/h13H,3-10H2,1-2H3. The van der Waals surface area contributed by atoms with Crippen molar-refractivity contribution in [2.24, 2.45) is 5.92 Å². The van der Waals surface area contributed by atoms with Crippen LogP contribution in [0.5, 0.6) is 0 Å². The van der Waals surface area contributed by atoms with E-state index in [4.69, 9.17) is 0 Å². The molecule has 110 valence electrons. The van der Waals surface area contributed by atoms with Crippen LogP contribution < -0.4 is 4.90 Å². The molecular formula is C15H23N3OS. The number of rotatable bonds is 2. The fraction of sp³-hybridized carbons (Fsp3) is 0.733. The molecule has 1 aromatic heterocycles. The van der Waals surface area contributed by atoms with E-state index in [-0.39, 0.29) is 0 Å². The van der Waals surface area contributed by atoms with Crippen LogP contribution in [-0.2, 0) is 4.79 Å². The van der Waals surface area contributed by atoms with Gasteiger partial charge in [0, 0.05) is 37.0 Å². The molecule has 1 aromatic rings. The molecule has 1 aliphatic heterocycles. The van der Waals surface area contributed by atoms with Gasteiger partial charge in [0.2, 0.25) is 5.91 Å². The molecule has 0 unspecified atom stereocenters. The van der Waals surface area contributed by atoms with Crippen LogP contribution in [0.1, 0.15) is 36.3 Å². The molecule has 2 aliphatic rings. The molecule has 2 fully saturated rings. The van der Waals surface area contributed by atoms with E-state index in [0.717, 1.165) is 56.3 Å². The first-order valence-corrected chi connectivity index (χ1v) is 8.44. The molecule has 0 aromatic carbocycles. The van der Waals surface area contributed by atoms with Gasteiger partial charge in [0.1, 0.15) is 0 Å². The number of carbonyl (C=O) groups is 1.